The highest BCUT2D eigenvalue weighted by molar-refractivity contribution is 6.31. The van der Waals surface area contributed by atoms with E-state index < -0.39 is 0 Å². The molecule has 0 fully saturated rings. The highest BCUT2D eigenvalue weighted by atomic mass is 35.5. The van der Waals surface area contributed by atoms with Crippen LogP contribution >= 0.6 is 11.6 Å². The van der Waals surface area contributed by atoms with E-state index in [-0.39, 0.29) is 5.91 Å². The van der Waals surface area contributed by atoms with Crippen LogP contribution in [-0.4, -0.2) is 26.7 Å². The number of nitrogens with one attached hydrogen (secondary N) is 1. The normalized spacial score (nSPS) is 10.3. The maximum Gasteiger partial charge on any atom is 0.251 e. The van der Waals surface area contributed by atoms with E-state index in [0.717, 1.165) is 11.1 Å². The van der Waals surface area contributed by atoms with Gasteiger partial charge in [0.25, 0.3) is 5.91 Å². The van der Waals surface area contributed by atoms with Gasteiger partial charge in [0, 0.05) is 17.1 Å². The molecule has 1 amide bonds. The fourth-order valence-electron chi connectivity index (χ4n) is 2.19. The molecule has 5 heteroatoms. The van der Waals surface area contributed by atoms with Crippen molar-refractivity contribution in [2.75, 3.05) is 20.8 Å². The molecule has 0 unspecified atom stereocenters. The monoisotopic (exact) mass is 333 g/mol. The van der Waals surface area contributed by atoms with Crippen molar-refractivity contribution in [1.29, 1.82) is 0 Å². The number of hydrogen-bond donors (Lipinski definition) is 1. The lowest BCUT2D eigenvalue weighted by Gasteiger charge is -2.10. The lowest BCUT2D eigenvalue weighted by molar-refractivity contribution is 0.0954. The molecule has 0 saturated carbocycles. The molecule has 4 nitrogen and oxygen atoms in total. The van der Waals surface area contributed by atoms with E-state index in [1.807, 2.05) is 31.2 Å². The molecule has 2 rings (SSSR count). The maximum atomic E-state index is 12.1. The molecular formula is C18H20ClNO3. The lowest BCUT2D eigenvalue weighted by Crippen LogP contribution is -2.25. The van der Waals surface area contributed by atoms with Gasteiger partial charge < -0.3 is 14.8 Å². The summed E-state index contributed by atoms with van der Waals surface area (Å²) in [6.07, 6.45) is 0.700. The molecule has 2 aromatic carbocycles. The highest BCUT2D eigenvalue weighted by Gasteiger charge is 2.08. The number of amides is 1. The molecule has 0 aliphatic heterocycles. The second kappa shape index (κ2) is 7.88. The summed E-state index contributed by atoms with van der Waals surface area (Å²) in [5.41, 5.74) is 2.58. The van der Waals surface area contributed by atoms with E-state index in [9.17, 15) is 4.79 Å². The van der Waals surface area contributed by atoms with Gasteiger partial charge in [-0.25, -0.2) is 0 Å². The molecule has 0 bridgehead atoms. The third-order valence-electron chi connectivity index (χ3n) is 3.58. The fourth-order valence-corrected chi connectivity index (χ4v) is 2.37. The molecule has 23 heavy (non-hydrogen) atoms. The summed E-state index contributed by atoms with van der Waals surface area (Å²) in [6.45, 7) is 2.43. The topological polar surface area (TPSA) is 47.6 Å². The number of benzene rings is 2. The summed E-state index contributed by atoms with van der Waals surface area (Å²) >= 11 is 6.04. The Morgan fingerprint density at radius 3 is 2.48 bits per heavy atom. The van der Waals surface area contributed by atoms with E-state index in [4.69, 9.17) is 21.1 Å². The van der Waals surface area contributed by atoms with Crippen molar-refractivity contribution < 1.29 is 14.3 Å². The van der Waals surface area contributed by atoms with E-state index in [2.05, 4.69) is 5.32 Å². The Morgan fingerprint density at radius 2 is 1.83 bits per heavy atom. The number of methoxy groups -OCH3 is 2. The fraction of sp³-hybridized carbons (Fsp3) is 0.278. The predicted molar refractivity (Wildman–Crippen MR) is 91.8 cm³/mol. The number of carbonyl (C=O) groups excluding carboxylic acids is 1. The summed E-state index contributed by atoms with van der Waals surface area (Å²) in [5.74, 6) is 1.24. The van der Waals surface area contributed by atoms with Crippen LogP contribution in [0.3, 0.4) is 0 Å². The molecule has 1 N–H and O–H groups in total. The second-order valence-electron chi connectivity index (χ2n) is 5.16. The van der Waals surface area contributed by atoms with E-state index in [1.54, 1.807) is 26.4 Å². The summed E-state index contributed by atoms with van der Waals surface area (Å²) in [7, 11) is 3.20. The first-order chi connectivity index (χ1) is 11.0. The van der Waals surface area contributed by atoms with Crippen LogP contribution < -0.4 is 14.8 Å². The van der Waals surface area contributed by atoms with Crippen molar-refractivity contribution in [3.05, 3.63) is 58.1 Å². The van der Waals surface area contributed by atoms with Gasteiger partial charge in [-0.15, -0.1) is 0 Å². The summed E-state index contributed by atoms with van der Waals surface area (Å²) in [5, 5.41) is 3.49. The number of aryl methyl sites for hydroxylation is 1. The lowest BCUT2D eigenvalue weighted by atomic mass is 10.1. The predicted octanol–water partition coefficient (Wildman–Crippen LogP) is 3.64. The summed E-state index contributed by atoms with van der Waals surface area (Å²) in [4.78, 5) is 12.1. The Morgan fingerprint density at radius 1 is 1.09 bits per heavy atom. The smallest absolute Gasteiger partial charge is 0.251 e. The quantitative estimate of drug-likeness (QED) is 0.878. The van der Waals surface area contributed by atoms with Crippen LogP contribution in [0.15, 0.2) is 36.4 Å². The number of ether oxygens (including phenoxy) is 2. The van der Waals surface area contributed by atoms with Crippen molar-refractivity contribution in [2.45, 2.75) is 13.3 Å². The first-order valence-electron chi connectivity index (χ1n) is 7.30. The van der Waals surface area contributed by atoms with Crippen LogP contribution in [0.1, 0.15) is 21.5 Å². The average molecular weight is 334 g/mol. The molecule has 0 aliphatic carbocycles. The molecule has 122 valence electrons. The van der Waals surface area contributed by atoms with Crippen LogP contribution in [0.4, 0.5) is 0 Å². The van der Waals surface area contributed by atoms with Gasteiger partial charge in [0.1, 0.15) is 0 Å². The molecule has 0 radical (unpaired) electrons. The molecular weight excluding hydrogens is 314 g/mol. The molecule has 0 aromatic heterocycles. The van der Waals surface area contributed by atoms with Crippen molar-refractivity contribution in [2.24, 2.45) is 0 Å². The van der Waals surface area contributed by atoms with E-state index >= 15 is 0 Å². The van der Waals surface area contributed by atoms with Crippen molar-refractivity contribution in [1.82, 2.24) is 5.32 Å². The van der Waals surface area contributed by atoms with Crippen LogP contribution in [-0.2, 0) is 6.42 Å². The highest BCUT2D eigenvalue weighted by Crippen LogP contribution is 2.27. The van der Waals surface area contributed by atoms with Gasteiger partial charge in [-0.2, -0.15) is 0 Å². The number of rotatable bonds is 6. The molecule has 0 spiro atoms. The first-order valence-corrected chi connectivity index (χ1v) is 7.68. The Labute approximate surface area is 141 Å². The van der Waals surface area contributed by atoms with Gasteiger partial charge in [-0.1, -0.05) is 23.7 Å². The molecule has 0 aliphatic rings. The Bertz CT molecular complexity index is 701. The van der Waals surface area contributed by atoms with Gasteiger partial charge >= 0.3 is 0 Å². The van der Waals surface area contributed by atoms with Gasteiger partial charge in [0.15, 0.2) is 11.5 Å². The molecule has 0 atom stereocenters. The molecule has 0 saturated heterocycles. The largest absolute Gasteiger partial charge is 0.493 e. The third kappa shape index (κ3) is 4.39. The Hall–Kier alpha value is -2.20. The Kier molecular flexibility index (Phi) is 5.88. The zero-order chi connectivity index (χ0) is 16.8. The minimum Gasteiger partial charge on any atom is -0.493 e. The number of carbonyl (C=O) groups is 1. The second-order valence-corrected chi connectivity index (χ2v) is 5.57. The van der Waals surface area contributed by atoms with Gasteiger partial charge in [0.05, 0.1) is 14.2 Å². The number of hydrogen-bond acceptors (Lipinski definition) is 3. The van der Waals surface area contributed by atoms with Crippen molar-refractivity contribution >= 4 is 17.5 Å². The maximum absolute atomic E-state index is 12.1. The Balaban J connectivity index is 1.94. The summed E-state index contributed by atoms with van der Waals surface area (Å²) in [6, 6.07) is 11.0. The minimum atomic E-state index is -0.132. The third-order valence-corrected chi connectivity index (χ3v) is 3.99. The zero-order valence-corrected chi connectivity index (χ0v) is 14.2. The van der Waals surface area contributed by atoms with E-state index in [1.165, 1.54) is 0 Å². The summed E-state index contributed by atoms with van der Waals surface area (Å²) < 4.78 is 10.5. The van der Waals surface area contributed by atoms with E-state index in [0.29, 0.717) is 35.1 Å². The van der Waals surface area contributed by atoms with Gasteiger partial charge in [-0.3, -0.25) is 4.79 Å². The first kappa shape index (κ1) is 17.2. The van der Waals surface area contributed by atoms with Crippen LogP contribution in [0.2, 0.25) is 5.02 Å². The van der Waals surface area contributed by atoms with Crippen LogP contribution in [0, 0.1) is 6.92 Å². The molecule has 2 aromatic rings. The van der Waals surface area contributed by atoms with Crippen LogP contribution in [0.25, 0.3) is 0 Å². The van der Waals surface area contributed by atoms with Gasteiger partial charge in [-0.05, 0) is 48.7 Å². The van der Waals surface area contributed by atoms with Crippen LogP contribution in [0.5, 0.6) is 11.5 Å². The van der Waals surface area contributed by atoms with Gasteiger partial charge in [0.2, 0.25) is 0 Å². The minimum absolute atomic E-state index is 0.132. The zero-order valence-electron chi connectivity index (χ0n) is 13.5. The SMILES string of the molecule is COc1ccc(CCNC(=O)c2ccc(C)c(Cl)c2)cc1OC. The average Bonchev–Trinajstić information content (AvgIpc) is 2.57. The van der Waals surface area contributed by atoms with Crippen molar-refractivity contribution in [3.8, 4) is 11.5 Å². The number of halogens is 1. The standard InChI is InChI=1S/C18H20ClNO3/c1-12-4-6-14(11-15(12)19)18(21)20-9-8-13-5-7-16(22-2)17(10-13)23-3/h4-7,10-11H,8-9H2,1-3H3,(H,20,21). The molecule has 0 heterocycles. The van der Waals surface area contributed by atoms with Crippen molar-refractivity contribution in [3.63, 3.8) is 0 Å².